The normalized spacial score (nSPS) is 16.3. The summed E-state index contributed by atoms with van der Waals surface area (Å²) < 4.78 is 5.18. The first-order valence-corrected chi connectivity index (χ1v) is 10.2. The maximum Gasteiger partial charge on any atom is 0.228 e. The fourth-order valence-electron chi connectivity index (χ4n) is 3.74. The van der Waals surface area contributed by atoms with Crippen LogP contribution >= 0.6 is 0 Å². The van der Waals surface area contributed by atoms with Gasteiger partial charge in [-0.25, -0.2) is 0 Å². The van der Waals surface area contributed by atoms with E-state index >= 15 is 0 Å². The van der Waals surface area contributed by atoms with Crippen LogP contribution in [-0.2, 0) is 22.6 Å². The van der Waals surface area contributed by atoms with Gasteiger partial charge >= 0.3 is 0 Å². The zero-order valence-electron chi connectivity index (χ0n) is 17.5. The first-order valence-electron chi connectivity index (χ1n) is 10.2. The van der Waals surface area contributed by atoms with Crippen molar-refractivity contribution in [3.8, 4) is 5.75 Å². The molecule has 1 atom stereocenters. The second-order valence-corrected chi connectivity index (χ2v) is 7.88. The highest BCUT2D eigenvalue weighted by molar-refractivity contribution is 5.89. The lowest BCUT2D eigenvalue weighted by atomic mass is 10.1. The Labute approximate surface area is 173 Å². The van der Waals surface area contributed by atoms with E-state index in [1.807, 2.05) is 78.2 Å². The molecule has 5 heteroatoms. The molecule has 1 saturated heterocycles. The number of likely N-dealkylation sites (tertiary alicyclic amines) is 1. The number of methoxy groups -OCH3 is 1. The van der Waals surface area contributed by atoms with Crippen LogP contribution in [0.4, 0.5) is 0 Å². The van der Waals surface area contributed by atoms with Crippen LogP contribution in [0.1, 0.15) is 31.4 Å². The van der Waals surface area contributed by atoms with E-state index < -0.39 is 0 Å². The van der Waals surface area contributed by atoms with Gasteiger partial charge in [-0.05, 0) is 43.5 Å². The summed E-state index contributed by atoms with van der Waals surface area (Å²) in [5.41, 5.74) is 2.26. The van der Waals surface area contributed by atoms with Crippen molar-refractivity contribution in [2.75, 3.05) is 20.2 Å². The third-order valence-corrected chi connectivity index (χ3v) is 5.50. The molecule has 2 aromatic rings. The van der Waals surface area contributed by atoms with Crippen molar-refractivity contribution < 1.29 is 14.3 Å². The van der Waals surface area contributed by atoms with Crippen molar-refractivity contribution in [2.24, 2.45) is 5.92 Å². The van der Waals surface area contributed by atoms with E-state index in [4.69, 9.17) is 4.74 Å². The lowest BCUT2D eigenvalue weighted by Gasteiger charge is -2.29. The minimum Gasteiger partial charge on any atom is -0.497 e. The minimum absolute atomic E-state index is 0.0697. The Hall–Kier alpha value is -2.82. The van der Waals surface area contributed by atoms with E-state index in [9.17, 15) is 9.59 Å². The molecule has 1 aliphatic heterocycles. The van der Waals surface area contributed by atoms with Crippen LogP contribution < -0.4 is 4.74 Å². The van der Waals surface area contributed by atoms with Gasteiger partial charge in [0.2, 0.25) is 11.8 Å². The second-order valence-electron chi connectivity index (χ2n) is 7.88. The van der Waals surface area contributed by atoms with Gasteiger partial charge in [-0.1, -0.05) is 42.5 Å². The van der Waals surface area contributed by atoms with Gasteiger partial charge in [0, 0.05) is 32.1 Å². The number of benzene rings is 2. The van der Waals surface area contributed by atoms with E-state index in [-0.39, 0.29) is 23.8 Å². The Kier molecular flexibility index (Phi) is 6.91. The predicted octanol–water partition coefficient (Wildman–Crippen LogP) is 3.52. The fraction of sp³-hybridized carbons (Fsp3) is 0.417. The number of carbonyl (C=O) groups is 2. The van der Waals surface area contributed by atoms with Crippen LogP contribution in [0.2, 0.25) is 0 Å². The molecule has 0 aromatic heterocycles. The largest absolute Gasteiger partial charge is 0.497 e. The molecular formula is C24H30N2O3. The van der Waals surface area contributed by atoms with Crippen molar-refractivity contribution in [3.63, 3.8) is 0 Å². The van der Waals surface area contributed by atoms with Crippen molar-refractivity contribution in [3.05, 3.63) is 65.7 Å². The molecule has 1 fully saturated rings. The summed E-state index contributed by atoms with van der Waals surface area (Å²) in [4.78, 5) is 29.4. The first kappa shape index (κ1) is 20.9. The summed E-state index contributed by atoms with van der Waals surface area (Å²) in [5, 5.41) is 0. The second kappa shape index (κ2) is 9.59. The SMILES string of the molecule is COc1ccc(CCN2CC(C(=O)N(Cc3ccccc3)C(C)C)CC2=O)cc1. The summed E-state index contributed by atoms with van der Waals surface area (Å²) in [5.74, 6) is 0.706. The van der Waals surface area contributed by atoms with Gasteiger partial charge in [0.15, 0.2) is 0 Å². The van der Waals surface area contributed by atoms with Crippen LogP contribution in [0, 0.1) is 5.92 Å². The molecule has 0 spiro atoms. The Morgan fingerprint density at radius 3 is 2.41 bits per heavy atom. The summed E-state index contributed by atoms with van der Waals surface area (Å²) in [6, 6.07) is 18.0. The maximum absolute atomic E-state index is 13.2. The van der Waals surface area contributed by atoms with Crippen LogP contribution in [0.15, 0.2) is 54.6 Å². The van der Waals surface area contributed by atoms with Gasteiger partial charge in [0.1, 0.15) is 5.75 Å². The number of rotatable bonds is 8. The molecule has 2 aromatic carbocycles. The monoisotopic (exact) mass is 394 g/mol. The maximum atomic E-state index is 13.2. The third kappa shape index (κ3) is 5.37. The van der Waals surface area contributed by atoms with Crippen LogP contribution in [0.5, 0.6) is 5.75 Å². The molecule has 0 N–H and O–H groups in total. The summed E-state index contributed by atoms with van der Waals surface area (Å²) in [6.07, 6.45) is 1.08. The highest BCUT2D eigenvalue weighted by atomic mass is 16.5. The van der Waals surface area contributed by atoms with Crippen LogP contribution in [0.3, 0.4) is 0 Å². The quantitative estimate of drug-likeness (QED) is 0.688. The summed E-state index contributed by atoms with van der Waals surface area (Å²) in [7, 11) is 1.65. The lowest BCUT2D eigenvalue weighted by Crippen LogP contribution is -2.41. The van der Waals surface area contributed by atoms with E-state index in [0.717, 1.165) is 23.3 Å². The molecular weight excluding hydrogens is 364 g/mol. The number of ether oxygens (including phenoxy) is 1. The van der Waals surface area contributed by atoms with Crippen LogP contribution in [-0.4, -0.2) is 47.9 Å². The highest BCUT2D eigenvalue weighted by Gasteiger charge is 2.36. The molecule has 1 heterocycles. The van der Waals surface area contributed by atoms with Gasteiger partial charge in [-0.3, -0.25) is 9.59 Å². The van der Waals surface area contributed by atoms with Crippen molar-refractivity contribution in [2.45, 2.75) is 39.3 Å². The molecule has 0 bridgehead atoms. The fourth-order valence-corrected chi connectivity index (χ4v) is 3.74. The smallest absolute Gasteiger partial charge is 0.228 e. The minimum atomic E-state index is -0.260. The molecule has 0 radical (unpaired) electrons. The molecule has 0 aliphatic carbocycles. The van der Waals surface area contributed by atoms with E-state index in [1.54, 1.807) is 7.11 Å². The molecule has 29 heavy (non-hydrogen) atoms. The zero-order chi connectivity index (χ0) is 20.8. The molecule has 1 unspecified atom stereocenters. The Balaban J connectivity index is 1.59. The van der Waals surface area contributed by atoms with Crippen molar-refractivity contribution in [1.82, 2.24) is 9.80 Å². The standard InChI is InChI=1S/C24H30N2O3/c1-18(2)26(16-20-7-5-4-6-8-20)24(28)21-15-23(27)25(17-21)14-13-19-9-11-22(29-3)12-10-19/h4-12,18,21H,13-17H2,1-3H3. The van der Waals surface area contributed by atoms with Gasteiger partial charge in [-0.15, -0.1) is 0 Å². The van der Waals surface area contributed by atoms with Crippen LogP contribution in [0.25, 0.3) is 0 Å². The number of amides is 2. The Bertz CT molecular complexity index is 818. The topological polar surface area (TPSA) is 49.9 Å². The summed E-state index contributed by atoms with van der Waals surface area (Å²) in [6.45, 7) is 5.77. The van der Waals surface area contributed by atoms with Gasteiger partial charge in [0.25, 0.3) is 0 Å². The Morgan fingerprint density at radius 1 is 1.10 bits per heavy atom. The summed E-state index contributed by atoms with van der Waals surface area (Å²) >= 11 is 0. The molecule has 154 valence electrons. The highest BCUT2D eigenvalue weighted by Crippen LogP contribution is 2.23. The van der Waals surface area contributed by atoms with Gasteiger partial charge in [0.05, 0.1) is 13.0 Å². The first-order chi connectivity index (χ1) is 14.0. The molecule has 1 aliphatic rings. The van der Waals surface area contributed by atoms with Gasteiger partial charge in [-0.2, -0.15) is 0 Å². The lowest BCUT2D eigenvalue weighted by molar-refractivity contribution is -0.138. The number of carbonyl (C=O) groups excluding carboxylic acids is 2. The van der Waals surface area contributed by atoms with E-state index in [0.29, 0.717) is 26.1 Å². The molecule has 3 rings (SSSR count). The van der Waals surface area contributed by atoms with Gasteiger partial charge < -0.3 is 14.5 Å². The molecule has 0 saturated carbocycles. The number of hydrogen-bond acceptors (Lipinski definition) is 3. The average Bonchev–Trinajstić information content (AvgIpc) is 3.11. The molecule has 5 nitrogen and oxygen atoms in total. The zero-order valence-corrected chi connectivity index (χ0v) is 17.5. The number of hydrogen-bond donors (Lipinski definition) is 0. The third-order valence-electron chi connectivity index (χ3n) is 5.50. The van der Waals surface area contributed by atoms with E-state index in [2.05, 4.69) is 0 Å². The van der Waals surface area contributed by atoms with E-state index in [1.165, 1.54) is 0 Å². The van der Waals surface area contributed by atoms with Crippen molar-refractivity contribution in [1.29, 1.82) is 0 Å². The average molecular weight is 395 g/mol. The Morgan fingerprint density at radius 2 is 1.79 bits per heavy atom. The predicted molar refractivity (Wildman–Crippen MR) is 114 cm³/mol. The van der Waals surface area contributed by atoms with Crippen molar-refractivity contribution >= 4 is 11.8 Å². The molecule has 2 amide bonds. The number of nitrogens with zero attached hydrogens (tertiary/aromatic N) is 2.